The van der Waals surface area contributed by atoms with E-state index in [0.717, 1.165) is 13.0 Å². The van der Waals surface area contributed by atoms with Crippen LogP contribution in [0.15, 0.2) is 48.5 Å². The fraction of sp³-hybridized carbons (Fsp3) is 0.409. The number of ether oxygens (including phenoxy) is 1. The van der Waals surface area contributed by atoms with Crippen molar-refractivity contribution < 1.29 is 9.53 Å². The number of fused-ring (bicyclic) bond motifs is 1. The van der Waals surface area contributed by atoms with Crippen molar-refractivity contribution >= 4 is 18.3 Å². The molecule has 2 aromatic carbocycles. The third kappa shape index (κ3) is 3.88. The molecule has 5 heteroatoms. The molecule has 2 N–H and O–H groups in total. The maximum atomic E-state index is 12.1. The smallest absolute Gasteiger partial charge is 0.233 e. The van der Waals surface area contributed by atoms with Crippen LogP contribution in [0.4, 0.5) is 0 Å². The Morgan fingerprint density at radius 3 is 2.22 bits per heavy atom. The predicted molar refractivity (Wildman–Crippen MR) is 110 cm³/mol. The number of halogens is 1. The van der Waals surface area contributed by atoms with Gasteiger partial charge in [-0.2, -0.15) is 0 Å². The Hall–Kier alpha value is -1.88. The molecule has 1 amide bonds. The van der Waals surface area contributed by atoms with Gasteiger partial charge in [0.15, 0.2) is 0 Å². The van der Waals surface area contributed by atoms with Crippen molar-refractivity contribution in [2.24, 2.45) is 5.92 Å². The van der Waals surface area contributed by atoms with Gasteiger partial charge in [0.05, 0.1) is 13.2 Å². The van der Waals surface area contributed by atoms with Gasteiger partial charge in [0.1, 0.15) is 0 Å². The molecule has 27 heavy (non-hydrogen) atoms. The van der Waals surface area contributed by atoms with E-state index in [0.29, 0.717) is 37.5 Å². The first-order valence-electron chi connectivity index (χ1n) is 9.43. The van der Waals surface area contributed by atoms with E-state index in [9.17, 15) is 4.79 Å². The Kier molecular flexibility index (Phi) is 6.53. The van der Waals surface area contributed by atoms with Gasteiger partial charge >= 0.3 is 0 Å². The molecule has 0 aromatic heterocycles. The molecule has 2 bridgehead atoms. The van der Waals surface area contributed by atoms with E-state index in [2.05, 4.69) is 59.2 Å². The summed E-state index contributed by atoms with van der Waals surface area (Å²) in [6.07, 6.45) is 1.11. The number of methoxy groups -OCH3 is 1. The van der Waals surface area contributed by atoms with Gasteiger partial charge in [0.25, 0.3) is 0 Å². The largest absolute Gasteiger partial charge is 0.383 e. The summed E-state index contributed by atoms with van der Waals surface area (Å²) in [7, 11) is 1.66. The minimum absolute atomic E-state index is 0. The number of hydrogen-bond donors (Lipinski definition) is 2. The molecule has 1 unspecified atom stereocenters. The molecule has 3 aliphatic carbocycles. The molecule has 2 aromatic rings. The van der Waals surface area contributed by atoms with Crippen LogP contribution in [-0.4, -0.2) is 39.3 Å². The first-order valence-corrected chi connectivity index (χ1v) is 9.43. The fourth-order valence-electron chi connectivity index (χ4n) is 4.64. The summed E-state index contributed by atoms with van der Waals surface area (Å²) in [4.78, 5) is 12.1. The number of nitrogens with one attached hydrogen (secondary N) is 2. The van der Waals surface area contributed by atoms with E-state index in [1.54, 1.807) is 7.11 Å². The highest BCUT2D eigenvalue weighted by Crippen LogP contribution is 2.54. The van der Waals surface area contributed by atoms with Crippen LogP contribution in [-0.2, 0) is 9.53 Å². The number of carbonyl (C=O) groups is 1. The molecule has 5 rings (SSSR count). The van der Waals surface area contributed by atoms with Crippen LogP contribution >= 0.6 is 12.4 Å². The van der Waals surface area contributed by atoms with E-state index in [4.69, 9.17) is 4.74 Å². The number of rotatable bonds is 7. The lowest BCUT2D eigenvalue weighted by Crippen LogP contribution is -2.42. The van der Waals surface area contributed by atoms with E-state index >= 15 is 0 Å². The highest BCUT2D eigenvalue weighted by molar-refractivity contribution is 5.85. The molecular weight excluding hydrogens is 360 g/mol. The second-order valence-corrected chi connectivity index (χ2v) is 7.26. The quantitative estimate of drug-likeness (QED) is 0.719. The highest BCUT2D eigenvalue weighted by atomic mass is 35.5. The first kappa shape index (κ1) is 19.9. The van der Waals surface area contributed by atoms with Crippen LogP contribution in [0, 0.1) is 5.92 Å². The molecule has 0 heterocycles. The maximum Gasteiger partial charge on any atom is 0.233 e. The van der Waals surface area contributed by atoms with Crippen LogP contribution in [0.1, 0.15) is 40.5 Å². The summed E-state index contributed by atoms with van der Waals surface area (Å²) >= 11 is 0. The zero-order valence-electron chi connectivity index (χ0n) is 15.6. The van der Waals surface area contributed by atoms with Crippen molar-refractivity contribution in [2.45, 2.75) is 18.3 Å². The van der Waals surface area contributed by atoms with Crippen LogP contribution < -0.4 is 10.6 Å². The first-order chi connectivity index (χ1) is 12.8. The minimum atomic E-state index is 0. The molecule has 1 atom stereocenters. The van der Waals surface area contributed by atoms with Crippen LogP contribution in [0.5, 0.6) is 0 Å². The second kappa shape index (κ2) is 8.87. The van der Waals surface area contributed by atoms with Crippen LogP contribution in [0.2, 0.25) is 0 Å². The zero-order chi connectivity index (χ0) is 17.9. The summed E-state index contributed by atoms with van der Waals surface area (Å²) in [6.45, 7) is 2.39. The van der Waals surface area contributed by atoms with Gasteiger partial charge in [-0.1, -0.05) is 48.5 Å². The summed E-state index contributed by atoms with van der Waals surface area (Å²) in [5, 5.41) is 6.24. The average molecular weight is 387 g/mol. The Morgan fingerprint density at radius 2 is 1.63 bits per heavy atom. The Balaban J connectivity index is 0.00000210. The average Bonchev–Trinajstić information content (AvgIpc) is 2.70. The van der Waals surface area contributed by atoms with E-state index < -0.39 is 0 Å². The lowest BCUT2D eigenvalue weighted by atomic mass is 9.59. The number of hydrogen-bond acceptors (Lipinski definition) is 3. The standard InChI is InChI=1S/C22H26N2O2.ClH/c1-26-11-10-23-14-21(25)24-13-15-12-20-16-6-2-4-8-18(16)22(15)19-9-5-3-7-17(19)20;/h2-9,15,20,22-23H,10-14H2,1H3,(H,24,25);1H. The van der Waals surface area contributed by atoms with E-state index in [-0.39, 0.29) is 18.3 Å². The Labute approximate surface area is 167 Å². The molecule has 3 aliphatic rings. The Morgan fingerprint density at radius 1 is 1.04 bits per heavy atom. The van der Waals surface area contributed by atoms with Crippen LogP contribution in [0.3, 0.4) is 0 Å². The van der Waals surface area contributed by atoms with Crippen molar-refractivity contribution in [3.05, 3.63) is 70.8 Å². The van der Waals surface area contributed by atoms with Crippen molar-refractivity contribution in [1.82, 2.24) is 10.6 Å². The van der Waals surface area contributed by atoms with Crippen molar-refractivity contribution in [2.75, 3.05) is 33.4 Å². The molecule has 0 saturated heterocycles. The normalized spacial score (nSPS) is 21.7. The molecular formula is C22H27ClN2O2. The summed E-state index contributed by atoms with van der Waals surface area (Å²) in [5.41, 5.74) is 5.83. The topological polar surface area (TPSA) is 50.4 Å². The Bertz CT molecular complexity index is 748. The van der Waals surface area contributed by atoms with E-state index in [1.807, 2.05) is 0 Å². The molecule has 0 radical (unpaired) electrons. The van der Waals surface area contributed by atoms with Gasteiger partial charge in [-0.15, -0.1) is 12.4 Å². The maximum absolute atomic E-state index is 12.1. The molecule has 0 aliphatic heterocycles. The molecule has 0 saturated carbocycles. The highest BCUT2D eigenvalue weighted by Gasteiger charge is 2.42. The summed E-state index contributed by atoms with van der Waals surface area (Å²) < 4.78 is 4.98. The van der Waals surface area contributed by atoms with Gasteiger partial charge in [0.2, 0.25) is 5.91 Å². The zero-order valence-corrected chi connectivity index (χ0v) is 16.4. The lowest BCUT2D eigenvalue weighted by molar-refractivity contribution is -0.120. The van der Waals surface area contributed by atoms with Gasteiger partial charge in [-0.3, -0.25) is 4.79 Å². The summed E-state index contributed by atoms with van der Waals surface area (Å²) in [6, 6.07) is 17.6. The molecule has 0 fully saturated rings. The number of amides is 1. The SMILES string of the molecule is COCCNCC(=O)NCC1CC2c3ccccc3C1c1ccccc12.Cl. The lowest BCUT2D eigenvalue weighted by Gasteiger charge is -2.45. The van der Waals surface area contributed by atoms with Gasteiger partial charge in [0, 0.05) is 32.0 Å². The van der Waals surface area contributed by atoms with Gasteiger partial charge < -0.3 is 15.4 Å². The summed E-state index contributed by atoms with van der Waals surface area (Å²) in [5.74, 6) is 1.35. The second-order valence-electron chi connectivity index (χ2n) is 7.26. The minimum Gasteiger partial charge on any atom is -0.383 e. The molecule has 0 spiro atoms. The van der Waals surface area contributed by atoms with Gasteiger partial charge in [-0.25, -0.2) is 0 Å². The molecule has 4 nitrogen and oxygen atoms in total. The van der Waals surface area contributed by atoms with Gasteiger partial charge in [-0.05, 0) is 34.6 Å². The van der Waals surface area contributed by atoms with Crippen molar-refractivity contribution in [1.29, 1.82) is 0 Å². The van der Waals surface area contributed by atoms with E-state index in [1.165, 1.54) is 22.3 Å². The fourth-order valence-corrected chi connectivity index (χ4v) is 4.64. The number of carbonyl (C=O) groups excluding carboxylic acids is 1. The van der Waals surface area contributed by atoms with Crippen molar-refractivity contribution in [3.63, 3.8) is 0 Å². The number of benzene rings is 2. The third-order valence-electron chi connectivity index (χ3n) is 5.75. The van der Waals surface area contributed by atoms with Crippen LogP contribution in [0.25, 0.3) is 0 Å². The predicted octanol–water partition coefficient (Wildman–Crippen LogP) is 3.06. The third-order valence-corrected chi connectivity index (χ3v) is 5.75. The monoisotopic (exact) mass is 386 g/mol. The van der Waals surface area contributed by atoms with Crippen molar-refractivity contribution in [3.8, 4) is 0 Å². The molecule has 144 valence electrons.